The van der Waals surface area contributed by atoms with Crippen molar-refractivity contribution in [2.24, 2.45) is 0 Å². The van der Waals surface area contributed by atoms with Crippen molar-refractivity contribution < 1.29 is 14.3 Å². The maximum absolute atomic E-state index is 12.8. The zero-order valence-electron chi connectivity index (χ0n) is 19.7. The molecule has 0 atom stereocenters. The van der Waals surface area contributed by atoms with E-state index in [4.69, 9.17) is 14.5 Å². The summed E-state index contributed by atoms with van der Waals surface area (Å²) in [5.74, 6) is 1.64. The average molecular weight is 481 g/mol. The molecule has 0 unspecified atom stereocenters. The number of carbonyl (C=O) groups excluding carboxylic acids is 1. The van der Waals surface area contributed by atoms with Gasteiger partial charge >= 0.3 is 0 Å². The summed E-state index contributed by atoms with van der Waals surface area (Å²) in [4.78, 5) is 17.6. The number of ether oxygens (including phenoxy) is 2. The van der Waals surface area contributed by atoms with Gasteiger partial charge in [-0.05, 0) is 55.0 Å². The molecule has 35 heavy (non-hydrogen) atoms. The number of hydrogen-bond acceptors (Lipinski definition) is 6. The predicted molar refractivity (Wildman–Crippen MR) is 139 cm³/mol. The van der Waals surface area contributed by atoms with Crippen molar-refractivity contribution in [2.75, 3.05) is 20.0 Å². The number of nitriles is 1. The first kappa shape index (κ1) is 24.1. The zero-order chi connectivity index (χ0) is 24.8. The van der Waals surface area contributed by atoms with Gasteiger partial charge in [0.05, 0.1) is 31.2 Å². The number of thioether (sulfide) groups is 1. The first-order valence-corrected chi connectivity index (χ1v) is 12.0. The molecule has 0 bridgehead atoms. The lowest BCUT2D eigenvalue weighted by Gasteiger charge is -2.13. The van der Waals surface area contributed by atoms with Crippen LogP contribution >= 0.6 is 11.8 Å². The Kier molecular flexibility index (Phi) is 7.49. The van der Waals surface area contributed by atoms with Gasteiger partial charge in [-0.25, -0.2) is 4.98 Å². The van der Waals surface area contributed by atoms with Crippen LogP contribution in [0.1, 0.15) is 21.5 Å². The largest absolute Gasteiger partial charge is 0.497 e. The first-order valence-electron chi connectivity index (χ1n) is 11.0. The Morgan fingerprint density at radius 1 is 0.886 bits per heavy atom. The van der Waals surface area contributed by atoms with Crippen LogP contribution in [0.5, 0.6) is 11.5 Å². The Bertz CT molecular complexity index is 1370. The van der Waals surface area contributed by atoms with E-state index in [1.807, 2.05) is 85.8 Å². The molecule has 0 fully saturated rings. The number of carbonyl (C=O) groups is 1. The number of benzene rings is 3. The molecule has 3 aromatic carbocycles. The van der Waals surface area contributed by atoms with Crippen LogP contribution in [-0.4, -0.2) is 30.7 Å². The van der Waals surface area contributed by atoms with Crippen molar-refractivity contribution in [1.29, 1.82) is 5.26 Å². The number of pyridine rings is 1. The van der Waals surface area contributed by atoms with Crippen LogP contribution in [0, 0.1) is 18.3 Å². The van der Waals surface area contributed by atoms with Gasteiger partial charge < -0.3 is 9.47 Å². The average Bonchev–Trinajstić information content (AvgIpc) is 2.91. The molecule has 174 valence electrons. The predicted octanol–water partition coefficient (Wildman–Crippen LogP) is 6.59. The van der Waals surface area contributed by atoms with Crippen molar-refractivity contribution >= 4 is 17.5 Å². The first-order chi connectivity index (χ1) is 17.0. The van der Waals surface area contributed by atoms with E-state index in [9.17, 15) is 10.1 Å². The summed E-state index contributed by atoms with van der Waals surface area (Å²) in [6.07, 6.45) is 0. The number of Topliss-reactive ketones (excluding diaryl/α,β-unsaturated/α-hetero) is 1. The molecule has 1 aromatic heterocycles. The van der Waals surface area contributed by atoms with Crippen molar-refractivity contribution in [1.82, 2.24) is 4.98 Å². The molecule has 0 saturated heterocycles. The minimum absolute atomic E-state index is 0.0125. The maximum atomic E-state index is 12.8. The summed E-state index contributed by atoms with van der Waals surface area (Å²) in [5, 5.41) is 10.6. The van der Waals surface area contributed by atoms with E-state index in [1.54, 1.807) is 14.2 Å². The third-order valence-corrected chi connectivity index (χ3v) is 6.57. The number of ketones is 1. The van der Waals surface area contributed by atoms with E-state index in [1.165, 1.54) is 11.8 Å². The van der Waals surface area contributed by atoms with Gasteiger partial charge in [0.2, 0.25) is 0 Å². The Balaban J connectivity index is 1.75. The van der Waals surface area contributed by atoms with E-state index >= 15 is 0 Å². The van der Waals surface area contributed by atoms with E-state index in [0.717, 1.165) is 33.8 Å². The standard InChI is InChI=1S/C29H24N2O3S/c1-19-4-6-22(7-5-19)28(32)18-35-29-26(17-30)25(20-8-12-23(33-2)13-9-20)16-27(31-29)21-10-14-24(34-3)15-11-21/h4-16H,18H2,1-3H3. The van der Waals surface area contributed by atoms with E-state index < -0.39 is 0 Å². The molecule has 0 spiro atoms. The van der Waals surface area contributed by atoms with E-state index in [2.05, 4.69) is 6.07 Å². The summed E-state index contributed by atoms with van der Waals surface area (Å²) in [5.41, 5.74) is 5.39. The molecule has 4 aromatic rings. The second-order valence-corrected chi connectivity index (χ2v) is 8.85. The van der Waals surface area contributed by atoms with E-state index in [-0.39, 0.29) is 11.5 Å². The molecule has 0 amide bonds. The van der Waals surface area contributed by atoms with Crippen LogP contribution in [0.15, 0.2) is 83.9 Å². The molecular weight excluding hydrogens is 456 g/mol. The third-order valence-electron chi connectivity index (χ3n) is 5.60. The second kappa shape index (κ2) is 10.9. The van der Waals surface area contributed by atoms with Gasteiger partial charge in [-0.1, -0.05) is 53.7 Å². The lowest BCUT2D eigenvalue weighted by atomic mass is 9.99. The van der Waals surface area contributed by atoms with Gasteiger partial charge in [0, 0.05) is 16.7 Å². The fourth-order valence-corrected chi connectivity index (χ4v) is 4.50. The SMILES string of the molecule is COc1ccc(-c2cc(-c3ccc(OC)cc3)c(C#N)c(SCC(=O)c3ccc(C)cc3)n2)cc1. The second-order valence-electron chi connectivity index (χ2n) is 7.88. The summed E-state index contributed by atoms with van der Waals surface area (Å²) in [7, 11) is 3.24. The molecule has 0 saturated carbocycles. The maximum Gasteiger partial charge on any atom is 0.173 e. The highest BCUT2D eigenvalue weighted by molar-refractivity contribution is 8.00. The highest BCUT2D eigenvalue weighted by atomic mass is 32.2. The van der Waals surface area contributed by atoms with E-state index in [0.29, 0.717) is 21.8 Å². The third kappa shape index (κ3) is 5.53. The van der Waals surface area contributed by atoms with Gasteiger partial charge in [0.15, 0.2) is 5.78 Å². The number of rotatable bonds is 8. The topological polar surface area (TPSA) is 72.2 Å². The van der Waals surface area contributed by atoms with Crippen molar-refractivity contribution in [3.63, 3.8) is 0 Å². The van der Waals surface area contributed by atoms with Gasteiger partial charge in [-0.15, -0.1) is 0 Å². The fourth-order valence-electron chi connectivity index (χ4n) is 3.60. The number of hydrogen-bond donors (Lipinski definition) is 0. The van der Waals surface area contributed by atoms with Crippen LogP contribution in [0.25, 0.3) is 22.4 Å². The number of methoxy groups -OCH3 is 2. The van der Waals surface area contributed by atoms with Gasteiger partial charge in [0.25, 0.3) is 0 Å². The number of nitrogens with zero attached hydrogens (tertiary/aromatic N) is 2. The van der Waals surface area contributed by atoms with Crippen LogP contribution in [-0.2, 0) is 0 Å². The van der Waals surface area contributed by atoms with Crippen molar-refractivity contribution in [3.05, 3.63) is 95.6 Å². The van der Waals surface area contributed by atoms with Crippen LogP contribution < -0.4 is 9.47 Å². The van der Waals surface area contributed by atoms with Crippen LogP contribution in [0.3, 0.4) is 0 Å². The zero-order valence-corrected chi connectivity index (χ0v) is 20.6. The number of aryl methyl sites for hydroxylation is 1. The highest BCUT2D eigenvalue weighted by Gasteiger charge is 2.18. The normalized spacial score (nSPS) is 10.5. The highest BCUT2D eigenvalue weighted by Crippen LogP contribution is 2.35. The summed E-state index contributed by atoms with van der Waals surface area (Å²) >= 11 is 1.28. The molecule has 6 heteroatoms. The minimum Gasteiger partial charge on any atom is -0.497 e. The van der Waals surface area contributed by atoms with Gasteiger partial charge in [0.1, 0.15) is 22.6 Å². The molecular formula is C29H24N2O3S. The molecule has 0 aliphatic rings. The van der Waals surface area contributed by atoms with Crippen molar-refractivity contribution in [2.45, 2.75) is 11.9 Å². The summed E-state index contributed by atoms with van der Waals surface area (Å²) < 4.78 is 10.6. The summed E-state index contributed by atoms with van der Waals surface area (Å²) in [6.45, 7) is 1.98. The van der Waals surface area contributed by atoms with Gasteiger partial charge in [-0.3, -0.25) is 4.79 Å². The lowest BCUT2D eigenvalue weighted by molar-refractivity contribution is 0.102. The molecule has 4 rings (SSSR count). The lowest BCUT2D eigenvalue weighted by Crippen LogP contribution is -2.04. The Labute approximate surface area is 209 Å². The number of aromatic nitrogens is 1. The smallest absolute Gasteiger partial charge is 0.173 e. The minimum atomic E-state index is -0.0125. The quantitative estimate of drug-likeness (QED) is 0.209. The Morgan fingerprint density at radius 3 is 2.00 bits per heavy atom. The van der Waals surface area contributed by atoms with Crippen LogP contribution in [0.4, 0.5) is 0 Å². The van der Waals surface area contributed by atoms with Crippen LogP contribution in [0.2, 0.25) is 0 Å². The fraction of sp³-hybridized carbons (Fsp3) is 0.138. The molecule has 0 aliphatic carbocycles. The molecule has 0 aliphatic heterocycles. The summed E-state index contributed by atoms with van der Waals surface area (Å²) in [6, 6.07) is 26.9. The Morgan fingerprint density at radius 2 is 1.46 bits per heavy atom. The monoisotopic (exact) mass is 480 g/mol. The Hall–Kier alpha value is -4.08. The molecule has 0 radical (unpaired) electrons. The van der Waals surface area contributed by atoms with Gasteiger partial charge in [-0.2, -0.15) is 5.26 Å². The molecule has 1 heterocycles. The molecule has 0 N–H and O–H groups in total. The van der Waals surface area contributed by atoms with Crippen molar-refractivity contribution in [3.8, 4) is 40.0 Å². The molecule has 5 nitrogen and oxygen atoms in total.